The summed E-state index contributed by atoms with van der Waals surface area (Å²) >= 11 is 0. The van der Waals surface area contributed by atoms with Crippen molar-refractivity contribution in [1.82, 2.24) is 19.7 Å². The van der Waals surface area contributed by atoms with Crippen molar-refractivity contribution in [2.45, 2.75) is 40.5 Å². The average Bonchev–Trinajstić information content (AvgIpc) is 3.45. The van der Waals surface area contributed by atoms with Crippen molar-refractivity contribution in [3.8, 4) is 28.1 Å². The fourth-order valence-electron chi connectivity index (χ4n) is 4.07. The molecule has 0 fully saturated rings. The number of aromatic amines is 1. The van der Waals surface area contributed by atoms with Gasteiger partial charge in [0, 0.05) is 34.0 Å². The molecule has 0 spiro atoms. The van der Waals surface area contributed by atoms with Crippen molar-refractivity contribution in [2.75, 3.05) is 18.5 Å². The summed E-state index contributed by atoms with van der Waals surface area (Å²) < 4.78 is 7.79. The Morgan fingerprint density at radius 3 is 2.74 bits per heavy atom. The number of aliphatic hydroxyl groups is 2. The summed E-state index contributed by atoms with van der Waals surface area (Å²) in [5.41, 5.74) is 7.25. The molecule has 3 heterocycles. The normalized spacial score (nSPS) is 12.3. The van der Waals surface area contributed by atoms with Gasteiger partial charge in [0.25, 0.3) is 0 Å². The van der Waals surface area contributed by atoms with E-state index in [0.29, 0.717) is 19.1 Å². The topological polar surface area (TPSA) is 108 Å². The van der Waals surface area contributed by atoms with Gasteiger partial charge in [-0.05, 0) is 43.0 Å². The Hall–Kier alpha value is -3.62. The van der Waals surface area contributed by atoms with Crippen LogP contribution in [-0.4, -0.2) is 49.4 Å². The molecule has 0 bridgehead atoms. The maximum atomic E-state index is 10.1. The molecule has 1 unspecified atom stereocenters. The molecule has 1 atom stereocenters. The van der Waals surface area contributed by atoms with E-state index in [9.17, 15) is 10.2 Å². The first-order valence-corrected chi connectivity index (χ1v) is 11.8. The van der Waals surface area contributed by atoms with Crippen LogP contribution in [-0.2, 0) is 6.54 Å². The predicted octanol–water partition coefficient (Wildman–Crippen LogP) is 4.65. The number of H-pyrrole nitrogens is 1. The highest BCUT2D eigenvalue weighted by Gasteiger charge is 2.21. The summed E-state index contributed by atoms with van der Waals surface area (Å²) in [5.74, 6) is 1.15. The van der Waals surface area contributed by atoms with Crippen molar-refractivity contribution in [3.63, 3.8) is 0 Å². The fraction of sp³-hybridized carbons (Fsp3) is 0.333. The number of nitrogens with zero attached hydrogens (tertiary/aromatic N) is 3. The third-order valence-corrected chi connectivity index (χ3v) is 5.91. The van der Waals surface area contributed by atoms with E-state index < -0.39 is 6.23 Å². The zero-order chi connectivity index (χ0) is 25.1. The molecule has 4 rings (SSSR count). The SMILES string of the molecule is C=CC(O)Nc1cc(-c2c(-c3cnn(CCO)c3)[nH]c3ncc(OCC(C)C)c(C)c23)ccc1C. The van der Waals surface area contributed by atoms with Crippen LogP contribution in [0, 0.1) is 19.8 Å². The van der Waals surface area contributed by atoms with Crippen LogP contribution in [0.5, 0.6) is 5.75 Å². The number of aromatic nitrogens is 4. The van der Waals surface area contributed by atoms with E-state index in [0.717, 1.165) is 56.0 Å². The summed E-state index contributed by atoms with van der Waals surface area (Å²) in [6, 6.07) is 6.10. The first-order chi connectivity index (χ1) is 16.8. The van der Waals surface area contributed by atoms with Gasteiger partial charge in [-0.15, -0.1) is 0 Å². The zero-order valence-corrected chi connectivity index (χ0v) is 20.7. The first kappa shape index (κ1) is 24.5. The van der Waals surface area contributed by atoms with Crippen molar-refractivity contribution in [2.24, 2.45) is 5.92 Å². The first-order valence-electron chi connectivity index (χ1n) is 11.8. The number of aliphatic hydroxyl groups excluding tert-OH is 2. The van der Waals surface area contributed by atoms with Gasteiger partial charge in [-0.3, -0.25) is 4.68 Å². The van der Waals surface area contributed by atoms with Crippen LogP contribution in [0.25, 0.3) is 33.4 Å². The molecular formula is C27H33N5O3. The summed E-state index contributed by atoms with van der Waals surface area (Å²) in [7, 11) is 0. The van der Waals surface area contributed by atoms with Crippen molar-refractivity contribution < 1.29 is 14.9 Å². The molecule has 0 radical (unpaired) electrons. The largest absolute Gasteiger partial charge is 0.491 e. The van der Waals surface area contributed by atoms with Crippen molar-refractivity contribution in [3.05, 3.63) is 60.6 Å². The van der Waals surface area contributed by atoms with Gasteiger partial charge in [0.15, 0.2) is 0 Å². The minimum Gasteiger partial charge on any atom is -0.491 e. The van der Waals surface area contributed by atoms with E-state index in [2.05, 4.69) is 46.9 Å². The number of anilines is 1. The quantitative estimate of drug-likeness (QED) is 0.196. The molecule has 0 amide bonds. The van der Waals surface area contributed by atoms with E-state index in [-0.39, 0.29) is 6.61 Å². The molecule has 8 heteroatoms. The van der Waals surface area contributed by atoms with Crippen LogP contribution in [0.1, 0.15) is 25.0 Å². The molecule has 184 valence electrons. The lowest BCUT2D eigenvalue weighted by atomic mass is 9.96. The Kier molecular flexibility index (Phi) is 7.23. The lowest BCUT2D eigenvalue weighted by molar-refractivity contribution is 0.252. The van der Waals surface area contributed by atoms with Crippen LogP contribution in [0.2, 0.25) is 0 Å². The monoisotopic (exact) mass is 475 g/mol. The van der Waals surface area contributed by atoms with E-state index in [1.807, 2.05) is 32.2 Å². The summed E-state index contributed by atoms with van der Waals surface area (Å²) in [4.78, 5) is 8.17. The second-order valence-electron chi connectivity index (χ2n) is 9.12. The molecule has 4 N–H and O–H groups in total. The number of hydrogen-bond acceptors (Lipinski definition) is 6. The van der Waals surface area contributed by atoms with Crippen LogP contribution < -0.4 is 10.1 Å². The van der Waals surface area contributed by atoms with Crippen molar-refractivity contribution >= 4 is 16.7 Å². The Morgan fingerprint density at radius 1 is 1.23 bits per heavy atom. The Bertz CT molecular complexity index is 1340. The second kappa shape index (κ2) is 10.3. The lowest BCUT2D eigenvalue weighted by Crippen LogP contribution is -2.15. The number of nitrogens with one attached hydrogen (secondary N) is 2. The van der Waals surface area contributed by atoms with E-state index in [4.69, 9.17) is 4.74 Å². The zero-order valence-electron chi connectivity index (χ0n) is 20.7. The number of aryl methyl sites for hydroxylation is 2. The van der Waals surface area contributed by atoms with Gasteiger partial charge in [-0.1, -0.05) is 32.6 Å². The summed E-state index contributed by atoms with van der Waals surface area (Å²) in [6.45, 7) is 12.9. The number of benzene rings is 1. The molecule has 0 aliphatic carbocycles. The van der Waals surface area contributed by atoms with Gasteiger partial charge in [0.2, 0.25) is 0 Å². The molecule has 4 aromatic rings. The molecule has 1 aromatic carbocycles. The fourth-order valence-corrected chi connectivity index (χ4v) is 4.07. The molecule has 0 saturated heterocycles. The Morgan fingerprint density at radius 2 is 2.03 bits per heavy atom. The summed E-state index contributed by atoms with van der Waals surface area (Å²) in [6.07, 6.45) is 6.05. The maximum absolute atomic E-state index is 10.1. The van der Waals surface area contributed by atoms with E-state index in [1.54, 1.807) is 17.1 Å². The van der Waals surface area contributed by atoms with Gasteiger partial charge in [-0.25, -0.2) is 4.98 Å². The van der Waals surface area contributed by atoms with Gasteiger partial charge in [0.1, 0.15) is 17.6 Å². The second-order valence-corrected chi connectivity index (χ2v) is 9.12. The maximum Gasteiger partial charge on any atom is 0.143 e. The number of rotatable bonds is 10. The Labute approximate surface area is 205 Å². The van der Waals surface area contributed by atoms with Crippen LogP contribution in [0.15, 0.2) is 49.4 Å². The van der Waals surface area contributed by atoms with Crippen LogP contribution >= 0.6 is 0 Å². The number of hydrogen-bond donors (Lipinski definition) is 4. The molecule has 0 saturated carbocycles. The van der Waals surface area contributed by atoms with Gasteiger partial charge in [-0.2, -0.15) is 5.10 Å². The minimum absolute atomic E-state index is 0.0104. The van der Waals surface area contributed by atoms with Gasteiger partial charge in [0.05, 0.1) is 37.8 Å². The van der Waals surface area contributed by atoms with E-state index >= 15 is 0 Å². The molecular weight excluding hydrogens is 442 g/mol. The minimum atomic E-state index is -0.859. The van der Waals surface area contributed by atoms with Crippen LogP contribution in [0.4, 0.5) is 5.69 Å². The molecule has 35 heavy (non-hydrogen) atoms. The molecule has 0 aliphatic rings. The smallest absolute Gasteiger partial charge is 0.143 e. The third kappa shape index (κ3) is 5.08. The highest BCUT2D eigenvalue weighted by molar-refractivity contribution is 6.05. The number of pyridine rings is 1. The lowest BCUT2D eigenvalue weighted by Gasteiger charge is -2.15. The van der Waals surface area contributed by atoms with Gasteiger partial charge < -0.3 is 25.3 Å². The standard InChI is InChI=1S/C27H33N5O3/c1-6-23(34)30-21-11-19(8-7-17(21)4)25-24-18(5)22(35-15-16(2)3)13-28-27(24)31-26(25)20-12-29-32(14-20)9-10-33/h6-8,11-14,16,23,30,33-34H,1,9-10,15H2,2-5H3,(H,28,31). The van der Waals surface area contributed by atoms with Crippen LogP contribution in [0.3, 0.4) is 0 Å². The predicted molar refractivity (Wildman–Crippen MR) is 139 cm³/mol. The summed E-state index contributed by atoms with van der Waals surface area (Å²) in [5, 5.41) is 27.9. The highest BCUT2D eigenvalue weighted by atomic mass is 16.5. The Balaban J connectivity index is 1.94. The van der Waals surface area contributed by atoms with Crippen molar-refractivity contribution in [1.29, 1.82) is 0 Å². The molecule has 0 aliphatic heterocycles. The number of fused-ring (bicyclic) bond motifs is 1. The number of ether oxygens (including phenoxy) is 1. The van der Waals surface area contributed by atoms with Gasteiger partial charge >= 0.3 is 0 Å². The average molecular weight is 476 g/mol. The molecule has 8 nitrogen and oxygen atoms in total. The highest BCUT2D eigenvalue weighted by Crippen LogP contribution is 2.42. The molecule has 3 aromatic heterocycles. The van der Waals surface area contributed by atoms with E-state index in [1.165, 1.54) is 6.08 Å². The third-order valence-electron chi connectivity index (χ3n) is 5.91.